The predicted molar refractivity (Wildman–Crippen MR) is 114 cm³/mol. The van der Waals surface area contributed by atoms with Crippen LogP contribution in [0.4, 0.5) is 5.69 Å². The van der Waals surface area contributed by atoms with Gasteiger partial charge in [0.25, 0.3) is 0 Å². The first-order valence-corrected chi connectivity index (χ1v) is 10.7. The number of ketones is 1. The van der Waals surface area contributed by atoms with Gasteiger partial charge in [0.05, 0.1) is 26.2 Å². The smallest absolute Gasteiger partial charge is 0.218 e. The van der Waals surface area contributed by atoms with E-state index in [2.05, 4.69) is 20.5 Å². The third kappa shape index (κ3) is 3.85. The molecule has 0 bridgehead atoms. The second-order valence-electron chi connectivity index (χ2n) is 7.25. The van der Waals surface area contributed by atoms with E-state index in [1.807, 2.05) is 43.5 Å². The summed E-state index contributed by atoms with van der Waals surface area (Å²) in [7, 11) is 0. The zero-order valence-corrected chi connectivity index (χ0v) is 17.7. The molecule has 0 saturated carbocycles. The number of thiazole rings is 1. The number of hydrogen-bond acceptors (Lipinski definition) is 4. The van der Waals surface area contributed by atoms with Gasteiger partial charge in [0.15, 0.2) is 5.13 Å². The van der Waals surface area contributed by atoms with Crippen molar-refractivity contribution < 1.29 is 9.69 Å². The number of aryl methyl sites for hydroxylation is 1. The molecule has 0 amide bonds. The molecule has 1 aromatic carbocycles. The SMILES string of the molecule is Cc1cc(C(=O)C[NH+]2CCN(c3cccc(Cl)c3)CC2)c(C)n1-c1nccs1. The Morgan fingerprint density at radius 1 is 1.25 bits per heavy atom. The van der Waals surface area contributed by atoms with Crippen molar-refractivity contribution in [1.82, 2.24) is 9.55 Å². The van der Waals surface area contributed by atoms with Crippen LogP contribution < -0.4 is 9.80 Å². The molecule has 2 aromatic heterocycles. The van der Waals surface area contributed by atoms with E-state index in [0.29, 0.717) is 6.54 Å². The number of aromatic nitrogens is 2. The van der Waals surface area contributed by atoms with Crippen molar-refractivity contribution in [3.63, 3.8) is 0 Å². The van der Waals surface area contributed by atoms with E-state index in [-0.39, 0.29) is 5.78 Å². The second kappa shape index (κ2) is 8.07. The Morgan fingerprint density at radius 3 is 2.71 bits per heavy atom. The summed E-state index contributed by atoms with van der Waals surface area (Å²) in [5.74, 6) is 0.210. The van der Waals surface area contributed by atoms with Crippen molar-refractivity contribution in [2.75, 3.05) is 37.6 Å². The molecule has 0 atom stereocenters. The highest BCUT2D eigenvalue weighted by atomic mass is 35.5. The highest BCUT2D eigenvalue weighted by Gasteiger charge is 2.25. The highest BCUT2D eigenvalue weighted by Crippen LogP contribution is 2.22. The van der Waals surface area contributed by atoms with E-state index in [1.165, 1.54) is 4.90 Å². The lowest BCUT2D eigenvalue weighted by Crippen LogP contribution is -3.15. The molecule has 4 rings (SSSR count). The molecule has 1 fully saturated rings. The van der Waals surface area contributed by atoms with Crippen molar-refractivity contribution in [3.05, 3.63) is 63.9 Å². The van der Waals surface area contributed by atoms with Crippen molar-refractivity contribution in [3.8, 4) is 5.13 Å². The van der Waals surface area contributed by atoms with Crippen LogP contribution in [0.25, 0.3) is 5.13 Å². The van der Waals surface area contributed by atoms with Crippen LogP contribution in [0.5, 0.6) is 0 Å². The molecular formula is C21H24ClN4OS+. The van der Waals surface area contributed by atoms with E-state index in [1.54, 1.807) is 17.5 Å². The number of anilines is 1. The number of carbonyl (C=O) groups is 1. The summed E-state index contributed by atoms with van der Waals surface area (Å²) < 4.78 is 2.07. The van der Waals surface area contributed by atoms with Crippen LogP contribution >= 0.6 is 22.9 Å². The molecule has 28 heavy (non-hydrogen) atoms. The quantitative estimate of drug-likeness (QED) is 0.651. The molecule has 7 heteroatoms. The Labute approximate surface area is 174 Å². The molecule has 1 saturated heterocycles. The van der Waals surface area contributed by atoms with Gasteiger partial charge in [-0.05, 0) is 38.1 Å². The lowest BCUT2D eigenvalue weighted by Gasteiger charge is -2.33. The van der Waals surface area contributed by atoms with Gasteiger partial charge in [0.2, 0.25) is 5.78 Å². The zero-order valence-electron chi connectivity index (χ0n) is 16.1. The third-order valence-corrected chi connectivity index (χ3v) is 6.39. The monoisotopic (exact) mass is 415 g/mol. The molecule has 3 aromatic rings. The minimum absolute atomic E-state index is 0.210. The maximum atomic E-state index is 13.0. The van der Waals surface area contributed by atoms with Crippen molar-refractivity contribution >= 4 is 34.4 Å². The average Bonchev–Trinajstić information content (AvgIpc) is 3.30. The normalized spacial score (nSPS) is 15.2. The molecule has 146 valence electrons. The number of benzene rings is 1. The van der Waals surface area contributed by atoms with Crippen LogP contribution in [-0.2, 0) is 0 Å². The van der Waals surface area contributed by atoms with Gasteiger partial charge < -0.3 is 9.80 Å². The second-order valence-corrected chi connectivity index (χ2v) is 8.56. The molecule has 1 aliphatic heterocycles. The number of quaternary nitrogens is 1. The molecule has 0 aliphatic carbocycles. The molecule has 0 unspecified atom stereocenters. The number of Topliss-reactive ketones (excluding diaryl/α,β-unsaturated/α-hetero) is 1. The standard InChI is InChI=1S/C21H23ClN4OS/c1-15-12-19(16(2)26(15)21-23-6-11-28-21)20(27)14-24-7-9-25(10-8-24)18-5-3-4-17(22)13-18/h3-6,11-13H,7-10,14H2,1-2H3/p+1. The predicted octanol–water partition coefficient (Wildman–Crippen LogP) is 2.79. The average molecular weight is 416 g/mol. The number of halogens is 1. The minimum Gasteiger partial charge on any atom is -0.360 e. The zero-order chi connectivity index (χ0) is 19.7. The fourth-order valence-corrected chi connectivity index (χ4v) is 4.85. The van der Waals surface area contributed by atoms with Gasteiger partial charge in [-0.2, -0.15) is 0 Å². The first kappa shape index (κ1) is 19.2. The number of carbonyl (C=O) groups excluding carboxylic acids is 1. The van der Waals surface area contributed by atoms with Crippen molar-refractivity contribution in [2.45, 2.75) is 13.8 Å². The van der Waals surface area contributed by atoms with Crippen LogP contribution in [0.15, 0.2) is 41.9 Å². The van der Waals surface area contributed by atoms with E-state index >= 15 is 0 Å². The number of nitrogens with one attached hydrogen (secondary N) is 1. The fraction of sp³-hybridized carbons (Fsp3) is 0.333. The Hall–Kier alpha value is -2.15. The van der Waals surface area contributed by atoms with Crippen LogP contribution in [0.2, 0.25) is 5.02 Å². The third-order valence-electron chi connectivity index (χ3n) is 5.40. The summed E-state index contributed by atoms with van der Waals surface area (Å²) in [6, 6.07) is 9.98. The van der Waals surface area contributed by atoms with E-state index in [0.717, 1.165) is 59.0 Å². The summed E-state index contributed by atoms with van der Waals surface area (Å²) in [6.07, 6.45) is 1.80. The lowest BCUT2D eigenvalue weighted by molar-refractivity contribution is -0.892. The fourth-order valence-electron chi connectivity index (χ4n) is 3.92. The van der Waals surface area contributed by atoms with Crippen LogP contribution in [0, 0.1) is 13.8 Å². The molecule has 1 aliphatic rings. The Bertz CT molecular complexity index is 974. The maximum Gasteiger partial charge on any atom is 0.218 e. The van der Waals surface area contributed by atoms with E-state index in [4.69, 9.17) is 11.6 Å². The number of rotatable bonds is 5. The summed E-state index contributed by atoms with van der Waals surface area (Å²) in [5.41, 5.74) is 4.01. The molecule has 0 spiro atoms. The van der Waals surface area contributed by atoms with Gasteiger partial charge in [0.1, 0.15) is 6.54 Å². The van der Waals surface area contributed by atoms with E-state index < -0.39 is 0 Å². The lowest BCUT2D eigenvalue weighted by atomic mass is 10.1. The molecule has 1 N–H and O–H groups in total. The highest BCUT2D eigenvalue weighted by molar-refractivity contribution is 7.12. The first-order chi connectivity index (χ1) is 13.5. The van der Waals surface area contributed by atoms with Gasteiger partial charge >= 0.3 is 0 Å². The molecule has 0 radical (unpaired) electrons. The van der Waals surface area contributed by atoms with Crippen LogP contribution in [0.1, 0.15) is 21.7 Å². The maximum absolute atomic E-state index is 13.0. The number of nitrogens with zero attached hydrogens (tertiary/aromatic N) is 3. The largest absolute Gasteiger partial charge is 0.360 e. The van der Waals surface area contributed by atoms with Gasteiger partial charge in [-0.15, -0.1) is 11.3 Å². The Morgan fingerprint density at radius 2 is 2.04 bits per heavy atom. The number of piperazine rings is 1. The van der Waals surface area contributed by atoms with Crippen LogP contribution in [-0.4, -0.2) is 48.1 Å². The molecular weight excluding hydrogens is 392 g/mol. The van der Waals surface area contributed by atoms with Gasteiger partial charge in [-0.1, -0.05) is 17.7 Å². The number of hydrogen-bond donors (Lipinski definition) is 1. The first-order valence-electron chi connectivity index (χ1n) is 9.49. The summed E-state index contributed by atoms with van der Waals surface area (Å²) >= 11 is 7.70. The van der Waals surface area contributed by atoms with Crippen LogP contribution in [0.3, 0.4) is 0 Å². The van der Waals surface area contributed by atoms with Gasteiger partial charge in [-0.3, -0.25) is 9.36 Å². The minimum atomic E-state index is 0.210. The summed E-state index contributed by atoms with van der Waals surface area (Å²) in [5, 5.41) is 3.63. The molecule has 3 heterocycles. The van der Waals surface area contributed by atoms with Gasteiger partial charge in [0, 0.05) is 39.2 Å². The van der Waals surface area contributed by atoms with Crippen molar-refractivity contribution in [1.29, 1.82) is 0 Å². The van der Waals surface area contributed by atoms with Gasteiger partial charge in [-0.25, -0.2) is 4.98 Å². The summed E-state index contributed by atoms with van der Waals surface area (Å²) in [6.45, 7) is 8.33. The van der Waals surface area contributed by atoms with E-state index in [9.17, 15) is 4.79 Å². The Kier molecular flexibility index (Phi) is 5.53. The molecule has 5 nitrogen and oxygen atoms in total. The Balaban J connectivity index is 1.41. The van der Waals surface area contributed by atoms with Crippen molar-refractivity contribution in [2.24, 2.45) is 0 Å². The summed E-state index contributed by atoms with van der Waals surface area (Å²) in [4.78, 5) is 21.0. The topological polar surface area (TPSA) is 42.6 Å².